The molecule has 2 fully saturated rings. The normalized spacial score (nSPS) is 26.4. The summed E-state index contributed by atoms with van der Waals surface area (Å²) in [6, 6.07) is 0. The first-order valence-corrected chi connectivity index (χ1v) is 5.59. The molecule has 2 aliphatic rings. The zero-order valence-corrected chi connectivity index (χ0v) is 8.94. The Bertz CT molecular complexity index is 242. The molecule has 14 heavy (non-hydrogen) atoms. The molecule has 0 bridgehead atoms. The molecule has 3 nitrogen and oxygen atoms in total. The third-order valence-corrected chi connectivity index (χ3v) is 3.96. The van der Waals surface area contributed by atoms with Crippen LogP contribution in [0.15, 0.2) is 0 Å². The van der Waals surface area contributed by atoms with Crippen molar-refractivity contribution < 1.29 is 4.79 Å². The van der Waals surface area contributed by atoms with E-state index in [0.29, 0.717) is 12.0 Å². The summed E-state index contributed by atoms with van der Waals surface area (Å²) in [6.07, 6.45) is 5.78. The largest absolute Gasteiger partial charge is 0.355 e. The molecule has 0 aliphatic heterocycles. The van der Waals surface area contributed by atoms with Crippen molar-refractivity contribution in [2.24, 2.45) is 16.6 Å². The summed E-state index contributed by atoms with van der Waals surface area (Å²) < 4.78 is 0. The van der Waals surface area contributed by atoms with Crippen molar-refractivity contribution in [3.8, 4) is 0 Å². The van der Waals surface area contributed by atoms with Gasteiger partial charge in [0.15, 0.2) is 0 Å². The lowest BCUT2D eigenvalue weighted by molar-refractivity contribution is -0.126. The van der Waals surface area contributed by atoms with Crippen molar-refractivity contribution in [1.29, 1.82) is 0 Å². The zero-order valence-electron chi connectivity index (χ0n) is 8.94. The summed E-state index contributed by atoms with van der Waals surface area (Å²) in [5.41, 5.74) is 5.79. The zero-order chi connectivity index (χ0) is 10.2. The van der Waals surface area contributed by atoms with Gasteiger partial charge in [0.1, 0.15) is 0 Å². The highest BCUT2D eigenvalue weighted by Gasteiger charge is 2.48. The van der Waals surface area contributed by atoms with Crippen LogP contribution in [0.3, 0.4) is 0 Å². The Morgan fingerprint density at radius 3 is 2.36 bits per heavy atom. The molecule has 3 heteroatoms. The predicted octanol–water partition coefficient (Wildman–Crippen LogP) is 1.03. The molecule has 3 N–H and O–H groups in total. The van der Waals surface area contributed by atoms with Crippen LogP contribution in [0.2, 0.25) is 0 Å². The number of carbonyl (C=O) groups excluding carboxylic acids is 1. The van der Waals surface area contributed by atoms with E-state index in [2.05, 4.69) is 12.2 Å². The highest BCUT2D eigenvalue weighted by molar-refractivity contribution is 5.85. The van der Waals surface area contributed by atoms with Gasteiger partial charge in [0, 0.05) is 13.1 Å². The Labute approximate surface area is 85.4 Å². The minimum absolute atomic E-state index is 0.180. The monoisotopic (exact) mass is 196 g/mol. The lowest BCUT2D eigenvalue weighted by Gasteiger charge is -2.38. The number of hydrogen-bond acceptors (Lipinski definition) is 2. The maximum Gasteiger partial charge on any atom is 0.227 e. The Hall–Kier alpha value is -0.570. The van der Waals surface area contributed by atoms with Crippen molar-refractivity contribution in [3.63, 3.8) is 0 Å². The van der Waals surface area contributed by atoms with E-state index in [1.165, 1.54) is 19.3 Å². The molecule has 80 valence electrons. The third-order valence-electron chi connectivity index (χ3n) is 3.96. The van der Waals surface area contributed by atoms with Gasteiger partial charge in [0.05, 0.1) is 5.41 Å². The molecule has 2 rings (SSSR count). The van der Waals surface area contributed by atoms with E-state index in [1.54, 1.807) is 0 Å². The minimum Gasteiger partial charge on any atom is -0.355 e. The summed E-state index contributed by atoms with van der Waals surface area (Å²) in [6.45, 7) is 3.60. The summed E-state index contributed by atoms with van der Waals surface area (Å²) in [5, 5.41) is 3.06. The summed E-state index contributed by atoms with van der Waals surface area (Å²) in [5.74, 6) is 0.188. The Morgan fingerprint density at radius 2 is 2.00 bits per heavy atom. The number of nitrogens with one attached hydrogen (secondary N) is 1. The number of amides is 1. The fraction of sp³-hybridized carbons (Fsp3) is 0.909. The van der Waals surface area contributed by atoms with E-state index in [1.807, 2.05) is 0 Å². The summed E-state index contributed by atoms with van der Waals surface area (Å²) in [7, 11) is 0. The van der Waals surface area contributed by atoms with Crippen LogP contribution < -0.4 is 11.1 Å². The van der Waals surface area contributed by atoms with Crippen LogP contribution in [0.25, 0.3) is 0 Å². The van der Waals surface area contributed by atoms with Gasteiger partial charge in [-0.25, -0.2) is 0 Å². The Kier molecular flexibility index (Phi) is 2.30. The van der Waals surface area contributed by atoms with Gasteiger partial charge in [-0.2, -0.15) is 0 Å². The van der Waals surface area contributed by atoms with Gasteiger partial charge in [-0.3, -0.25) is 4.79 Å². The maximum atomic E-state index is 11.8. The Morgan fingerprint density at radius 1 is 1.36 bits per heavy atom. The predicted molar refractivity (Wildman–Crippen MR) is 55.7 cm³/mol. The molecule has 0 spiro atoms. The second kappa shape index (κ2) is 3.23. The molecule has 0 atom stereocenters. The molecule has 2 saturated carbocycles. The van der Waals surface area contributed by atoms with Gasteiger partial charge in [-0.05, 0) is 31.1 Å². The molecule has 0 aromatic heterocycles. The maximum absolute atomic E-state index is 11.8. The van der Waals surface area contributed by atoms with Crippen molar-refractivity contribution in [1.82, 2.24) is 5.32 Å². The van der Waals surface area contributed by atoms with Gasteiger partial charge < -0.3 is 11.1 Å². The molecule has 0 heterocycles. The van der Waals surface area contributed by atoms with E-state index in [9.17, 15) is 4.79 Å². The lowest BCUT2D eigenvalue weighted by atomic mass is 9.70. The van der Waals surface area contributed by atoms with Crippen LogP contribution in [0, 0.1) is 10.8 Å². The average Bonchev–Trinajstić information content (AvgIpc) is 2.91. The summed E-state index contributed by atoms with van der Waals surface area (Å²) in [4.78, 5) is 11.8. The van der Waals surface area contributed by atoms with Gasteiger partial charge >= 0.3 is 0 Å². The van der Waals surface area contributed by atoms with E-state index in [4.69, 9.17) is 5.73 Å². The highest BCUT2D eigenvalue weighted by atomic mass is 16.2. The number of carbonyl (C=O) groups is 1. The lowest BCUT2D eigenvalue weighted by Crippen LogP contribution is -2.44. The molecule has 0 aromatic carbocycles. The van der Waals surface area contributed by atoms with Crippen molar-refractivity contribution in [3.05, 3.63) is 0 Å². The van der Waals surface area contributed by atoms with E-state index >= 15 is 0 Å². The van der Waals surface area contributed by atoms with Crippen LogP contribution >= 0.6 is 0 Å². The number of nitrogens with two attached hydrogens (primary N) is 1. The van der Waals surface area contributed by atoms with Crippen LogP contribution in [0.5, 0.6) is 0 Å². The fourth-order valence-corrected chi connectivity index (χ4v) is 2.11. The molecule has 0 unspecified atom stereocenters. The SMILES string of the molecule is CC1(CNC(=O)C2(CN)CC2)CCC1. The molecule has 2 aliphatic carbocycles. The standard InChI is InChI=1S/C11H20N2O/c1-10(3-2-4-10)8-13-9(14)11(7-12)5-6-11/h2-8,12H2,1H3,(H,13,14). The van der Waals surface area contributed by atoms with Crippen molar-refractivity contribution in [2.75, 3.05) is 13.1 Å². The van der Waals surface area contributed by atoms with Gasteiger partial charge in [-0.15, -0.1) is 0 Å². The molecule has 1 amide bonds. The second-order valence-corrected chi connectivity index (χ2v) is 5.33. The number of rotatable bonds is 4. The van der Waals surface area contributed by atoms with Crippen molar-refractivity contribution in [2.45, 2.75) is 39.0 Å². The Balaban J connectivity index is 1.78. The third kappa shape index (κ3) is 1.65. The summed E-state index contributed by atoms with van der Waals surface area (Å²) >= 11 is 0. The van der Waals surface area contributed by atoms with Crippen LogP contribution in [0.1, 0.15) is 39.0 Å². The van der Waals surface area contributed by atoms with Crippen LogP contribution in [-0.2, 0) is 4.79 Å². The van der Waals surface area contributed by atoms with Crippen LogP contribution in [0.4, 0.5) is 0 Å². The molecular weight excluding hydrogens is 176 g/mol. The molecule has 0 aromatic rings. The van der Waals surface area contributed by atoms with E-state index in [-0.39, 0.29) is 11.3 Å². The first-order valence-electron chi connectivity index (χ1n) is 5.59. The van der Waals surface area contributed by atoms with Gasteiger partial charge in [0.2, 0.25) is 5.91 Å². The fourth-order valence-electron chi connectivity index (χ4n) is 2.11. The number of hydrogen-bond donors (Lipinski definition) is 2. The second-order valence-electron chi connectivity index (χ2n) is 5.33. The average molecular weight is 196 g/mol. The topological polar surface area (TPSA) is 55.1 Å². The van der Waals surface area contributed by atoms with Crippen LogP contribution in [-0.4, -0.2) is 19.0 Å². The molecular formula is C11H20N2O. The van der Waals surface area contributed by atoms with E-state index < -0.39 is 0 Å². The molecule has 0 saturated heterocycles. The first-order chi connectivity index (χ1) is 6.60. The molecule has 0 radical (unpaired) electrons. The van der Waals surface area contributed by atoms with Gasteiger partial charge in [0.25, 0.3) is 0 Å². The quantitative estimate of drug-likeness (QED) is 0.705. The van der Waals surface area contributed by atoms with Crippen molar-refractivity contribution >= 4 is 5.91 Å². The van der Waals surface area contributed by atoms with E-state index in [0.717, 1.165) is 19.4 Å². The van der Waals surface area contributed by atoms with Gasteiger partial charge in [-0.1, -0.05) is 13.3 Å². The minimum atomic E-state index is -0.180. The smallest absolute Gasteiger partial charge is 0.227 e. The highest BCUT2D eigenvalue weighted by Crippen LogP contribution is 2.45. The first kappa shape index (κ1) is 9.97.